The Bertz CT molecular complexity index is 913. The maximum Gasteiger partial charge on any atom is 0.220 e. The fourth-order valence-electron chi connectivity index (χ4n) is 3.85. The first kappa shape index (κ1) is 17.6. The van der Waals surface area contributed by atoms with E-state index in [4.69, 9.17) is 5.73 Å². The van der Waals surface area contributed by atoms with Gasteiger partial charge in [-0.15, -0.1) is 0 Å². The normalized spacial score (nSPS) is 17.7. The number of hydrogen-bond acceptors (Lipinski definition) is 4. The highest BCUT2D eigenvalue weighted by Crippen LogP contribution is 2.36. The van der Waals surface area contributed by atoms with Crippen LogP contribution in [0.3, 0.4) is 0 Å². The van der Waals surface area contributed by atoms with Crippen molar-refractivity contribution in [2.45, 2.75) is 31.8 Å². The number of halogens is 1. The van der Waals surface area contributed by atoms with Crippen LogP contribution in [0.25, 0.3) is 11.1 Å². The molecule has 1 saturated heterocycles. The van der Waals surface area contributed by atoms with Crippen molar-refractivity contribution in [3.8, 4) is 11.1 Å². The summed E-state index contributed by atoms with van der Waals surface area (Å²) in [6, 6.07) is 17.2. The highest BCUT2D eigenvalue weighted by molar-refractivity contribution is 5.66. The number of anilines is 1. The van der Waals surface area contributed by atoms with Gasteiger partial charge in [-0.3, -0.25) is 4.90 Å². The van der Waals surface area contributed by atoms with E-state index in [1.54, 1.807) is 12.3 Å². The molecule has 4 nitrogen and oxygen atoms in total. The number of likely N-dealkylation sites (tertiary alicyclic amines) is 1. The summed E-state index contributed by atoms with van der Waals surface area (Å²) >= 11 is 0. The topological polar surface area (TPSA) is 55.0 Å². The maximum atomic E-state index is 13.8. The third-order valence-electron chi connectivity index (χ3n) is 5.13. The molecule has 0 radical (unpaired) electrons. The SMILES string of the molecule is Nc1ncc(-c2cccc(F)c2)c([C@H]2CCCCN2Cc2ccccc2)n1. The Morgan fingerprint density at radius 1 is 1.07 bits per heavy atom. The number of aromatic nitrogens is 2. The predicted octanol–water partition coefficient (Wildman–Crippen LogP) is 4.59. The van der Waals surface area contributed by atoms with Crippen LogP contribution in [-0.2, 0) is 6.54 Å². The third kappa shape index (κ3) is 3.98. The molecule has 0 saturated carbocycles. The molecule has 0 aliphatic carbocycles. The van der Waals surface area contributed by atoms with Gasteiger partial charge in [0.1, 0.15) is 5.82 Å². The van der Waals surface area contributed by atoms with Crippen LogP contribution in [-0.4, -0.2) is 21.4 Å². The molecule has 5 heteroatoms. The number of benzene rings is 2. The van der Waals surface area contributed by atoms with E-state index < -0.39 is 0 Å². The van der Waals surface area contributed by atoms with Crippen molar-refractivity contribution in [2.75, 3.05) is 12.3 Å². The maximum absolute atomic E-state index is 13.8. The highest BCUT2D eigenvalue weighted by Gasteiger charge is 2.28. The molecule has 1 aromatic heterocycles. The van der Waals surface area contributed by atoms with Crippen LogP contribution in [0.2, 0.25) is 0 Å². The van der Waals surface area contributed by atoms with Crippen LogP contribution < -0.4 is 5.73 Å². The molecule has 2 N–H and O–H groups in total. The number of nitrogens with two attached hydrogens (primary N) is 1. The fraction of sp³-hybridized carbons (Fsp3) is 0.273. The molecule has 2 aromatic carbocycles. The standard InChI is InChI=1S/C22H23FN4/c23-18-10-6-9-17(13-18)19-14-25-22(24)26-21(19)20-11-4-5-12-27(20)15-16-7-2-1-3-8-16/h1-3,6-10,13-14,20H,4-5,11-12,15H2,(H2,24,25,26)/t20-/m1/s1. The lowest BCUT2D eigenvalue weighted by Crippen LogP contribution is -2.34. The number of hydrogen-bond donors (Lipinski definition) is 1. The summed E-state index contributed by atoms with van der Waals surface area (Å²) in [6.07, 6.45) is 5.04. The Morgan fingerprint density at radius 3 is 2.74 bits per heavy atom. The first-order valence-corrected chi connectivity index (χ1v) is 9.37. The Hall–Kier alpha value is -2.79. The van der Waals surface area contributed by atoms with Gasteiger partial charge in [-0.25, -0.2) is 14.4 Å². The predicted molar refractivity (Wildman–Crippen MR) is 105 cm³/mol. The first-order chi connectivity index (χ1) is 13.2. The highest BCUT2D eigenvalue weighted by atomic mass is 19.1. The molecule has 0 amide bonds. The quantitative estimate of drug-likeness (QED) is 0.737. The Balaban J connectivity index is 1.72. The molecule has 138 valence electrons. The van der Waals surface area contributed by atoms with Crippen LogP contribution in [0, 0.1) is 5.82 Å². The van der Waals surface area contributed by atoms with Gasteiger partial charge in [0.25, 0.3) is 0 Å². The smallest absolute Gasteiger partial charge is 0.220 e. The molecule has 2 heterocycles. The van der Waals surface area contributed by atoms with Gasteiger partial charge < -0.3 is 5.73 Å². The second-order valence-electron chi connectivity index (χ2n) is 7.01. The summed E-state index contributed by atoms with van der Waals surface area (Å²) in [6.45, 7) is 1.87. The second-order valence-corrected chi connectivity index (χ2v) is 7.01. The average Bonchev–Trinajstić information content (AvgIpc) is 2.69. The van der Waals surface area contributed by atoms with Crippen LogP contribution in [0.1, 0.15) is 36.6 Å². The van der Waals surface area contributed by atoms with E-state index in [-0.39, 0.29) is 17.8 Å². The summed E-state index contributed by atoms with van der Waals surface area (Å²) < 4.78 is 13.8. The Kier molecular flexibility index (Phi) is 5.12. The molecule has 0 bridgehead atoms. The zero-order valence-corrected chi connectivity index (χ0v) is 15.2. The van der Waals surface area contributed by atoms with E-state index in [0.29, 0.717) is 0 Å². The number of piperidine rings is 1. The van der Waals surface area contributed by atoms with Crippen LogP contribution in [0.15, 0.2) is 60.8 Å². The molecule has 0 spiro atoms. The minimum Gasteiger partial charge on any atom is -0.368 e. The molecule has 3 aromatic rings. The zero-order valence-electron chi connectivity index (χ0n) is 15.2. The Labute approximate surface area is 158 Å². The molecular weight excluding hydrogens is 339 g/mol. The van der Waals surface area contributed by atoms with Gasteiger partial charge in [0.05, 0.1) is 11.7 Å². The van der Waals surface area contributed by atoms with E-state index >= 15 is 0 Å². The molecule has 1 atom stereocenters. The van der Waals surface area contributed by atoms with Gasteiger partial charge in [0.15, 0.2) is 0 Å². The van der Waals surface area contributed by atoms with Gasteiger partial charge >= 0.3 is 0 Å². The molecular formula is C22H23FN4. The van der Waals surface area contributed by atoms with E-state index in [2.05, 4.69) is 39.1 Å². The molecule has 1 fully saturated rings. The van der Waals surface area contributed by atoms with Crippen molar-refractivity contribution in [1.29, 1.82) is 0 Å². The van der Waals surface area contributed by atoms with Crippen molar-refractivity contribution >= 4 is 5.95 Å². The zero-order chi connectivity index (χ0) is 18.6. The minimum atomic E-state index is -0.264. The largest absolute Gasteiger partial charge is 0.368 e. The lowest BCUT2D eigenvalue weighted by Gasteiger charge is -2.36. The summed E-state index contributed by atoms with van der Waals surface area (Å²) in [5.41, 5.74) is 9.74. The van der Waals surface area contributed by atoms with Crippen LogP contribution >= 0.6 is 0 Å². The van der Waals surface area contributed by atoms with E-state index in [0.717, 1.165) is 42.8 Å². The lowest BCUT2D eigenvalue weighted by molar-refractivity contribution is 0.137. The van der Waals surface area contributed by atoms with Gasteiger partial charge in [0, 0.05) is 18.3 Å². The summed E-state index contributed by atoms with van der Waals surface area (Å²) in [4.78, 5) is 11.2. The first-order valence-electron chi connectivity index (χ1n) is 9.37. The van der Waals surface area contributed by atoms with Crippen LogP contribution in [0.5, 0.6) is 0 Å². The fourth-order valence-corrected chi connectivity index (χ4v) is 3.85. The van der Waals surface area contributed by atoms with E-state index in [1.165, 1.54) is 24.1 Å². The number of nitrogens with zero attached hydrogens (tertiary/aromatic N) is 3. The van der Waals surface area contributed by atoms with Gasteiger partial charge in [0.2, 0.25) is 5.95 Å². The number of rotatable bonds is 4. The van der Waals surface area contributed by atoms with Crippen LogP contribution in [0.4, 0.5) is 10.3 Å². The monoisotopic (exact) mass is 362 g/mol. The third-order valence-corrected chi connectivity index (χ3v) is 5.13. The van der Waals surface area contributed by atoms with Gasteiger partial charge in [-0.1, -0.05) is 48.9 Å². The van der Waals surface area contributed by atoms with Crippen molar-refractivity contribution < 1.29 is 4.39 Å². The summed E-state index contributed by atoms with van der Waals surface area (Å²) in [5.74, 6) is -0.00421. The lowest BCUT2D eigenvalue weighted by atomic mass is 9.93. The molecule has 1 aliphatic rings. The number of nitrogen functional groups attached to an aromatic ring is 1. The molecule has 4 rings (SSSR count). The minimum absolute atomic E-state index is 0.141. The molecule has 0 unspecified atom stereocenters. The van der Waals surface area contributed by atoms with Crippen molar-refractivity contribution in [3.63, 3.8) is 0 Å². The Morgan fingerprint density at radius 2 is 1.93 bits per heavy atom. The summed E-state index contributed by atoms with van der Waals surface area (Å²) in [7, 11) is 0. The molecule has 27 heavy (non-hydrogen) atoms. The second kappa shape index (κ2) is 7.84. The molecule has 1 aliphatic heterocycles. The van der Waals surface area contributed by atoms with Gasteiger partial charge in [-0.2, -0.15) is 0 Å². The van der Waals surface area contributed by atoms with Crippen molar-refractivity contribution in [2.24, 2.45) is 0 Å². The average molecular weight is 362 g/mol. The van der Waals surface area contributed by atoms with Crippen molar-refractivity contribution in [3.05, 3.63) is 77.9 Å². The van der Waals surface area contributed by atoms with Gasteiger partial charge in [-0.05, 0) is 42.6 Å². The summed E-state index contributed by atoms with van der Waals surface area (Å²) in [5, 5.41) is 0. The van der Waals surface area contributed by atoms with E-state index in [1.807, 2.05) is 12.1 Å². The van der Waals surface area contributed by atoms with Crippen molar-refractivity contribution in [1.82, 2.24) is 14.9 Å². The van der Waals surface area contributed by atoms with E-state index in [9.17, 15) is 4.39 Å².